The molecule has 1 saturated carbocycles. The normalized spacial score (nSPS) is 18.0. The number of hydrogen-bond acceptors (Lipinski definition) is 2. The summed E-state index contributed by atoms with van der Waals surface area (Å²) in [6.45, 7) is 2.12. The van der Waals surface area contributed by atoms with Crippen molar-refractivity contribution in [2.75, 3.05) is 0 Å². The molecule has 2 heteroatoms. The predicted molar refractivity (Wildman–Crippen MR) is 61.6 cm³/mol. The van der Waals surface area contributed by atoms with Gasteiger partial charge in [0.05, 0.1) is 16.7 Å². The number of fused-ring (bicyclic) bond motifs is 1. The highest BCUT2D eigenvalue weighted by Gasteiger charge is 2.41. The Bertz CT molecular complexity index is 527. The Kier molecular flexibility index (Phi) is 1.65. The minimum Gasteiger partial charge on any atom is -0.320 e. The van der Waals surface area contributed by atoms with Crippen LogP contribution >= 0.6 is 0 Å². The van der Waals surface area contributed by atoms with Crippen LogP contribution in [0.3, 0.4) is 0 Å². The summed E-state index contributed by atoms with van der Waals surface area (Å²) in [5.74, 6) is 0. The zero-order valence-corrected chi connectivity index (χ0v) is 8.83. The van der Waals surface area contributed by atoms with Crippen molar-refractivity contribution >= 4 is 10.9 Å². The lowest BCUT2D eigenvalue weighted by molar-refractivity contribution is 0.711. The molecule has 0 bridgehead atoms. The van der Waals surface area contributed by atoms with Gasteiger partial charge in [0.15, 0.2) is 0 Å². The summed E-state index contributed by atoms with van der Waals surface area (Å²) < 4.78 is 0. The zero-order chi connectivity index (χ0) is 10.5. The van der Waals surface area contributed by atoms with Gasteiger partial charge >= 0.3 is 0 Å². The highest BCUT2D eigenvalue weighted by molar-refractivity contribution is 5.82. The van der Waals surface area contributed by atoms with Crippen LogP contribution in [0.1, 0.15) is 24.1 Å². The van der Waals surface area contributed by atoms with Crippen molar-refractivity contribution in [1.82, 2.24) is 4.98 Å². The van der Waals surface area contributed by atoms with Gasteiger partial charge < -0.3 is 5.73 Å². The number of pyridine rings is 1. The summed E-state index contributed by atoms with van der Waals surface area (Å²) in [4.78, 5) is 4.64. The summed E-state index contributed by atoms with van der Waals surface area (Å²) in [5, 5.41) is 1.23. The second-order valence-electron chi connectivity index (χ2n) is 4.50. The lowest BCUT2D eigenvalue weighted by atomic mass is 10.1. The molecule has 15 heavy (non-hydrogen) atoms. The van der Waals surface area contributed by atoms with Crippen molar-refractivity contribution in [3.8, 4) is 0 Å². The number of rotatable bonds is 1. The Balaban J connectivity index is 2.27. The van der Waals surface area contributed by atoms with Gasteiger partial charge in [0, 0.05) is 5.39 Å². The second-order valence-corrected chi connectivity index (χ2v) is 4.50. The Labute approximate surface area is 89.1 Å². The van der Waals surface area contributed by atoms with Crippen LogP contribution in [-0.2, 0) is 5.54 Å². The van der Waals surface area contributed by atoms with Crippen LogP contribution in [0, 0.1) is 6.92 Å². The van der Waals surface area contributed by atoms with Crippen LogP contribution in [0.4, 0.5) is 0 Å². The first-order valence-electron chi connectivity index (χ1n) is 5.35. The largest absolute Gasteiger partial charge is 0.320 e. The monoisotopic (exact) mass is 198 g/mol. The molecule has 1 aliphatic rings. The van der Waals surface area contributed by atoms with Crippen LogP contribution in [-0.4, -0.2) is 4.98 Å². The molecule has 0 saturated heterocycles. The molecule has 0 spiro atoms. The van der Waals surface area contributed by atoms with E-state index in [9.17, 15) is 0 Å². The number of aryl methyl sites for hydroxylation is 1. The number of hydrogen-bond donors (Lipinski definition) is 1. The van der Waals surface area contributed by atoms with Gasteiger partial charge in [-0.05, 0) is 37.5 Å². The highest BCUT2D eigenvalue weighted by atomic mass is 14.9. The standard InChI is InChI=1S/C13H14N2/c1-9-8-12(13(14)6-7-13)15-11-5-3-2-4-10(9)11/h2-5,8H,6-7,14H2,1H3. The van der Waals surface area contributed by atoms with Gasteiger partial charge in [0.1, 0.15) is 0 Å². The molecular weight excluding hydrogens is 184 g/mol. The van der Waals surface area contributed by atoms with Gasteiger partial charge in [-0.25, -0.2) is 0 Å². The molecule has 2 nitrogen and oxygen atoms in total. The fourth-order valence-corrected chi connectivity index (χ4v) is 2.00. The lowest BCUT2D eigenvalue weighted by Gasteiger charge is -2.11. The minimum absolute atomic E-state index is 0.130. The van der Waals surface area contributed by atoms with E-state index in [2.05, 4.69) is 30.1 Å². The Morgan fingerprint density at radius 2 is 2.00 bits per heavy atom. The van der Waals surface area contributed by atoms with E-state index in [1.54, 1.807) is 0 Å². The second kappa shape index (κ2) is 2.80. The Hall–Kier alpha value is -1.41. The van der Waals surface area contributed by atoms with E-state index in [1.807, 2.05) is 12.1 Å². The van der Waals surface area contributed by atoms with E-state index in [-0.39, 0.29) is 5.54 Å². The van der Waals surface area contributed by atoms with Crippen LogP contribution in [0.5, 0.6) is 0 Å². The smallest absolute Gasteiger partial charge is 0.0708 e. The van der Waals surface area contributed by atoms with Crippen molar-refractivity contribution < 1.29 is 0 Å². The third kappa shape index (κ3) is 1.33. The molecule has 2 aromatic rings. The maximum absolute atomic E-state index is 6.17. The summed E-state index contributed by atoms with van der Waals surface area (Å²) in [6, 6.07) is 10.4. The molecule has 1 aromatic heterocycles. The summed E-state index contributed by atoms with van der Waals surface area (Å²) in [6.07, 6.45) is 2.13. The van der Waals surface area contributed by atoms with Crippen LogP contribution < -0.4 is 5.73 Å². The molecule has 0 unspecified atom stereocenters. The molecule has 1 aromatic carbocycles. The number of nitrogens with two attached hydrogens (primary N) is 1. The van der Waals surface area contributed by atoms with Gasteiger partial charge in [-0.15, -0.1) is 0 Å². The van der Waals surface area contributed by atoms with Crippen molar-refractivity contribution in [3.05, 3.63) is 41.6 Å². The van der Waals surface area contributed by atoms with E-state index in [0.29, 0.717) is 0 Å². The molecule has 0 atom stereocenters. The maximum atomic E-state index is 6.17. The van der Waals surface area contributed by atoms with Crippen molar-refractivity contribution in [2.45, 2.75) is 25.3 Å². The summed E-state index contributed by atoms with van der Waals surface area (Å²) in [7, 11) is 0. The Morgan fingerprint density at radius 3 is 2.73 bits per heavy atom. The Morgan fingerprint density at radius 1 is 1.27 bits per heavy atom. The van der Waals surface area contributed by atoms with Crippen LogP contribution in [0.15, 0.2) is 30.3 Å². The number of para-hydroxylation sites is 1. The van der Waals surface area contributed by atoms with Crippen molar-refractivity contribution in [3.63, 3.8) is 0 Å². The highest BCUT2D eigenvalue weighted by Crippen LogP contribution is 2.42. The number of benzene rings is 1. The van der Waals surface area contributed by atoms with E-state index >= 15 is 0 Å². The number of nitrogens with zero attached hydrogens (tertiary/aromatic N) is 1. The van der Waals surface area contributed by atoms with E-state index in [0.717, 1.165) is 24.1 Å². The van der Waals surface area contributed by atoms with Crippen molar-refractivity contribution in [1.29, 1.82) is 0 Å². The maximum Gasteiger partial charge on any atom is 0.0708 e. The van der Waals surface area contributed by atoms with Gasteiger partial charge in [-0.1, -0.05) is 18.2 Å². The van der Waals surface area contributed by atoms with E-state index < -0.39 is 0 Å². The zero-order valence-electron chi connectivity index (χ0n) is 8.83. The molecule has 0 radical (unpaired) electrons. The van der Waals surface area contributed by atoms with E-state index in [1.165, 1.54) is 10.9 Å². The molecule has 3 rings (SSSR count). The fraction of sp³-hybridized carbons (Fsp3) is 0.308. The summed E-state index contributed by atoms with van der Waals surface area (Å²) >= 11 is 0. The van der Waals surface area contributed by atoms with Gasteiger partial charge in [-0.3, -0.25) is 4.98 Å². The summed E-state index contributed by atoms with van der Waals surface area (Å²) in [5.41, 5.74) is 9.42. The topological polar surface area (TPSA) is 38.9 Å². The van der Waals surface area contributed by atoms with Gasteiger partial charge in [0.2, 0.25) is 0 Å². The fourth-order valence-electron chi connectivity index (χ4n) is 2.00. The molecule has 2 N–H and O–H groups in total. The first-order valence-corrected chi connectivity index (χ1v) is 5.35. The molecule has 76 valence electrons. The number of aromatic nitrogens is 1. The SMILES string of the molecule is Cc1cc(C2(N)CC2)nc2ccccc12. The quantitative estimate of drug-likeness (QED) is 0.764. The van der Waals surface area contributed by atoms with Gasteiger partial charge in [0.25, 0.3) is 0 Å². The molecule has 0 amide bonds. The third-order valence-corrected chi connectivity index (χ3v) is 3.22. The van der Waals surface area contributed by atoms with Crippen LogP contribution in [0.2, 0.25) is 0 Å². The third-order valence-electron chi connectivity index (χ3n) is 3.22. The molecule has 1 fully saturated rings. The molecule has 0 aliphatic heterocycles. The molecular formula is C13H14N2. The van der Waals surface area contributed by atoms with E-state index in [4.69, 9.17) is 5.73 Å². The average molecular weight is 198 g/mol. The average Bonchev–Trinajstić information content (AvgIpc) is 2.98. The first-order chi connectivity index (χ1) is 7.19. The first kappa shape index (κ1) is 8.86. The van der Waals surface area contributed by atoms with Crippen molar-refractivity contribution in [2.24, 2.45) is 5.73 Å². The molecule has 1 aliphatic carbocycles. The van der Waals surface area contributed by atoms with Crippen LogP contribution in [0.25, 0.3) is 10.9 Å². The van der Waals surface area contributed by atoms with Gasteiger partial charge in [-0.2, -0.15) is 0 Å². The predicted octanol–water partition coefficient (Wildman–Crippen LogP) is 2.49. The minimum atomic E-state index is -0.130. The lowest BCUT2D eigenvalue weighted by Crippen LogP contribution is -2.20. The molecule has 1 heterocycles.